The first-order valence-corrected chi connectivity index (χ1v) is 8.05. The fourth-order valence-corrected chi connectivity index (χ4v) is 3.45. The van der Waals surface area contributed by atoms with Crippen LogP contribution in [0.2, 0.25) is 0 Å². The van der Waals surface area contributed by atoms with Crippen LogP contribution in [0.1, 0.15) is 18.4 Å². The Labute approximate surface area is 121 Å². The van der Waals surface area contributed by atoms with E-state index in [0.29, 0.717) is 24.6 Å². The molecular formula is C14H20N2O3S. The molecule has 1 saturated heterocycles. The number of carbonyl (C=O) groups excluding carboxylic acids is 1. The molecule has 1 fully saturated rings. The molecule has 0 radical (unpaired) electrons. The van der Waals surface area contributed by atoms with Crippen molar-refractivity contribution in [2.24, 2.45) is 0 Å². The highest BCUT2D eigenvalue weighted by Gasteiger charge is 2.22. The Morgan fingerprint density at radius 1 is 1.45 bits per heavy atom. The van der Waals surface area contributed by atoms with Crippen molar-refractivity contribution in [2.75, 3.05) is 30.0 Å². The third-order valence-electron chi connectivity index (χ3n) is 3.29. The molecule has 0 bridgehead atoms. The lowest BCUT2D eigenvalue weighted by atomic mass is 10.2. The summed E-state index contributed by atoms with van der Waals surface area (Å²) in [4.78, 5) is 11.9. The van der Waals surface area contributed by atoms with E-state index in [0.717, 1.165) is 18.4 Å². The topological polar surface area (TPSA) is 81.4 Å². The Morgan fingerprint density at radius 3 is 2.80 bits per heavy atom. The van der Waals surface area contributed by atoms with Gasteiger partial charge < -0.3 is 15.8 Å². The lowest BCUT2D eigenvalue weighted by Crippen LogP contribution is -2.30. The number of nitrogens with one attached hydrogen (secondary N) is 1. The van der Waals surface area contributed by atoms with Gasteiger partial charge in [0, 0.05) is 29.3 Å². The van der Waals surface area contributed by atoms with E-state index in [9.17, 15) is 9.00 Å². The number of anilines is 2. The monoisotopic (exact) mass is 296 g/mol. The molecule has 1 amide bonds. The van der Waals surface area contributed by atoms with Gasteiger partial charge in [0.1, 0.15) is 5.75 Å². The number of hydrogen-bond acceptors (Lipinski definition) is 4. The number of hydrogen-bond donors (Lipinski definition) is 2. The zero-order valence-electron chi connectivity index (χ0n) is 11.6. The maximum atomic E-state index is 12.1. The summed E-state index contributed by atoms with van der Waals surface area (Å²) in [5.74, 6) is -0.247. The molecule has 0 aliphatic carbocycles. The first-order valence-electron chi connectivity index (χ1n) is 6.67. The third-order valence-corrected chi connectivity index (χ3v) is 5.06. The van der Waals surface area contributed by atoms with Gasteiger partial charge in [0.25, 0.3) is 0 Å². The van der Waals surface area contributed by atoms with Crippen LogP contribution in [-0.4, -0.2) is 34.3 Å². The molecule has 110 valence electrons. The molecule has 1 aromatic carbocycles. The minimum absolute atomic E-state index is 0.0119. The fourth-order valence-electron chi connectivity index (χ4n) is 2.17. The SMILES string of the molecule is Cc1ccc(NC(=O)CS(=O)C2CCOCC2)c(N)c1. The van der Waals surface area contributed by atoms with Crippen LogP contribution in [0.5, 0.6) is 0 Å². The summed E-state index contributed by atoms with van der Waals surface area (Å²) in [5, 5.41) is 2.78. The van der Waals surface area contributed by atoms with E-state index < -0.39 is 10.8 Å². The van der Waals surface area contributed by atoms with Gasteiger partial charge in [-0.2, -0.15) is 0 Å². The van der Waals surface area contributed by atoms with Crippen LogP contribution in [0.3, 0.4) is 0 Å². The van der Waals surface area contributed by atoms with Crippen molar-refractivity contribution in [3.63, 3.8) is 0 Å². The molecule has 1 aliphatic heterocycles. The molecule has 0 saturated carbocycles. The number of nitrogens with two attached hydrogens (primary N) is 1. The lowest BCUT2D eigenvalue weighted by Gasteiger charge is -2.21. The second-order valence-corrected chi connectivity index (χ2v) is 6.69. The molecular weight excluding hydrogens is 276 g/mol. The van der Waals surface area contributed by atoms with E-state index in [-0.39, 0.29) is 16.9 Å². The average Bonchev–Trinajstić information content (AvgIpc) is 2.43. The summed E-state index contributed by atoms with van der Waals surface area (Å²) in [7, 11) is -1.15. The van der Waals surface area contributed by atoms with Crippen molar-refractivity contribution in [1.82, 2.24) is 0 Å². The predicted octanol–water partition coefficient (Wildman–Crippen LogP) is 1.44. The molecule has 20 heavy (non-hydrogen) atoms. The van der Waals surface area contributed by atoms with E-state index in [1.54, 1.807) is 12.1 Å². The van der Waals surface area contributed by atoms with Gasteiger partial charge >= 0.3 is 0 Å². The number of rotatable bonds is 4. The van der Waals surface area contributed by atoms with Crippen LogP contribution in [-0.2, 0) is 20.3 Å². The van der Waals surface area contributed by atoms with Crippen LogP contribution in [0.15, 0.2) is 18.2 Å². The van der Waals surface area contributed by atoms with Gasteiger partial charge in [-0.05, 0) is 37.5 Å². The third kappa shape index (κ3) is 4.05. The largest absolute Gasteiger partial charge is 0.397 e. The Morgan fingerprint density at radius 2 is 2.15 bits per heavy atom. The molecule has 1 heterocycles. The maximum Gasteiger partial charge on any atom is 0.237 e. The normalized spacial score (nSPS) is 17.6. The molecule has 1 atom stereocenters. The van der Waals surface area contributed by atoms with E-state index >= 15 is 0 Å². The van der Waals surface area contributed by atoms with E-state index in [1.165, 1.54) is 0 Å². The van der Waals surface area contributed by atoms with Crippen molar-refractivity contribution < 1.29 is 13.7 Å². The summed E-state index contributed by atoms with van der Waals surface area (Å²) < 4.78 is 17.3. The highest BCUT2D eigenvalue weighted by atomic mass is 32.2. The number of ether oxygens (including phenoxy) is 1. The van der Waals surface area contributed by atoms with Gasteiger partial charge in [0.05, 0.1) is 11.4 Å². The molecule has 1 unspecified atom stereocenters. The predicted molar refractivity (Wildman–Crippen MR) is 81.1 cm³/mol. The first-order chi connectivity index (χ1) is 9.56. The highest BCUT2D eigenvalue weighted by molar-refractivity contribution is 7.86. The molecule has 2 rings (SSSR count). The second-order valence-electron chi connectivity index (χ2n) is 4.98. The Bertz CT molecular complexity index is 513. The molecule has 1 aromatic rings. The Kier molecular flexibility index (Phi) is 5.14. The van der Waals surface area contributed by atoms with Crippen molar-refractivity contribution in [3.05, 3.63) is 23.8 Å². The minimum atomic E-state index is -1.15. The number of amides is 1. The highest BCUT2D eigenvalue weighted by Crippen LogP contribution is 2.20. The molecule has 6 heteroatoms. The van der Waals surface area contributed by atoms with E-state index in [2.05, 4.69) is 5.32 Å². The molecule has 3 N–H and O–H groups in total. The minimum Gasteiger partial charge on any atom is -0.397 e. The van der Waals surface area contributed by atoms with Gasteiger partial charge in [-0.25, -0.2) is 0 Å². The Balaban J connectivity index is 1.90. The molecule has 0 spiro atoms. The van der Waals surface area contributed by atoms with Gasteiger partial charge in [-0.1, -0.05) is 6.07 Å². The van der Waals surface area contributed by atoms with Crippen LogP contribution in [0.25, 0.3) is 0 Å². The summed E-state index contributed by atoms with van der Waals surface area (Å²) in [6.45, 7) is 3.19. The summed E-state index contributed by atoms with van der Waals surface area (Å²) in [5.41, 5.74) is 7.97. The first kappa shape index (κ1) is 15.0. The van der Waals surface area contributed by atoms with Crippen LogP contribution in [0, 0.1) is 6.92 Å². The molecule has 0 aromatic heterocycles. The maximum absolute atomic E-state index is 12.1. The van der Waals surface area contributed by atoms with Crippen LogP contribution >= 0.6 is 0 Å². The van der Waals surface area contributed by atoms with Crippen molar-refractivity contribution in [1.29, 1.82) is 0 Å². The van der Waals surface area contributed by atoms with Crippen LogP contribution < -0.4 is 11.1 Å². The zero-order chi connectivity index (χ0) is 14.5. The van der Waals surface area contributed by atoms with Gasteiger partial charge in [-0.15, -0.1) is 0 Å². The number of nitrogen functional groups attached to an aromatic ring is 1. The smallest absolute Gasteiger partial charge is 0.237 e. The van der Waals surface area contributed by atoms with Gasteiger partial charge in [0.15, 0.2) is 0 Å². The quantitative estimate of drug-likeness (QED) is 0.824. The average molecular weight is 296 g/mol. The zero-order valence-corrected chi connectivity index (χ0v) is 12.4. The fraction of sp³-hybridized carbons (Fsp3) is 0.500. The van der Waals surface area contributed by atoms with Crippen LogP contribution in [0.4, 0.5) is 11.4 Å². The van der Waals surface area contributed by atoms with E-state index in [4.69, 9.17) is 10.5 Å². The lowest BCUT2D eigenvalue weighted by molar-refractivity contribution is -0.113. The van der Waals surface area contributed by atoms with Gasteiger partial charge in [-0.3, -0.25) is 9.00 Å². The standard InChI is InChI=1S/C14H20N2O3S/c1-10-2-3-13(12(15)8-10)16-14(17)9-20(18)11-4-6-19-7-5-11/h2-3,8,11H,4-7,9,15H2,1H3,(H,16,17). The number of benzene rings is 1. The summed E-state index contributed by atoms with van der Waals surface area (Å²) in [6.07, 6.45) is 1.51. The van der Waals surface area contributed by atoms with Crippen molar-refractivity contribution in [2.45, 2.75) is 25.0 Å². The van der Waals surface area contributed by atoms with Crippen molar-refractivity contribution in [3.8, 4) is 0 Å². The van der Waals surface area contributed by atoms with Crippen molar-refractivity contribution >= 4 is 28.1 Å². The molecule has 5 nitrogen and oxygen atoms in total. The summed E-state index contributed by atoms with van der Waals surface area (Å²) >= 11 is 0. The molecule has 1 aliphatic rings. The Hall–Kier alpha value is -1.40. The van der Waals surface area contributed by atoms with Gasteiger partial charge in [0.2, 0.25) is 5.91 Å². The number of aryl methyl sites for hydroxylation is 1. The summed E-state index contributed by atoms with van der Waals surface area (Å²) in [6, 6.07) is 5.44. The van der Waals surface area contributed by atoms with E-state index in [1.807, 2.05) is 13.0 Å². The number of carbonyl (C=O) groups is 1. The second kappa shape index (κ2) is 6.85.